The molecule has 4 heteroatoms. The first-order valence-corrected chi connectivity index (χ1v) is 3.09. The van der Waals surface area contributed by atoms with Gasteiger partial charge >= 0.3 is 6.03 Å². The summed E-state index contributed by atoms with van der Waals surface area (Å²) in [5.74, 6) is 0. The number of urea groups is 1. The van der Waals surface area contributed by atoms with E-state index in [4.69, 9.17) is 10.6 Å². The molecule has 0 saturated heterocycles. The van der Waals surface area contributed by atoms with Gasteiger partial charge in [0.15, 0.2) is 0 Å². The molecule has 0 heterocycles. The highest BCUT2D eigenvalue weighted by atomic mass is 16.7. The van der Waals surface area contributed by atoms with Crippen LogP contribution in [0.25, 0.3) is 0 Å². The summed E-state index contributed by atoms with van der Waals surface area (Å²) in [5.41, 5.74) is 6.83. The van der Waals surface area contributed by atoms with E-state index < -0.39 is 6.03 Å². The van der Waals surface area contributed by atoms with Crippen molar-refractivity contribution in [1.29, 1.82) is 0 Å². The Morgan fingerprint density at radius 3 is 2.40 bits per heavy atom. The molecule has 0 aliphatic heterocycles. The van der Waals surface area contributed by atoms with Gasteiger partial charge in [-0.1, -0.05) is 20.8 Å². The Morgan fingerprint density at radius 1 is 1.60 bits per heavy atom. The van der Waals surface area contributed by atoms with Crippen LogP contribution in [0.15, 0.2) is 0 Å². The zero-order valence-electron chi connectivity index (χ0n) is 6.60. The fraction of sp³-hybridized carbons (Fsp3) is 0.833. The van der Waals surface area contributed by atoms with Crippen LogP contribution in [0.2, 0.25) is 0 Å². The number of hydroxylamine groups is 1. The van der Waals surface area contributed by atoms with E-state index in [1.165, 1.54) is 0 Å². The normalized spacial score (nSPS) is 11.1. The number of nitrogens with two attached hydrogens (primary N) is 1. The third-order valence-corrected chi connectivity index (χ3v) is 0.678. The number of carbonyl (C=O) groups is 1. The van der Waals surface area contributed by atoms with E-state index >= 15 is 0 Å². The summed E-state index contributed by atoms with van der Waals surface area (Å²) in [6, 6.07) is -0.663. The maximum Gasteiger partial charge on any atom is 0.336 e. The van der Waals surface area contributed by atoms with E-state index in [9.17, 15) is 4.79 Å². The Hall–Kier alpha value is -0.770. The summed E-state index contributed by atoms with van der Waals surface area (Å²) >= 11 is 0. The molecule has 0 aromatic rings. The molecular formula is C6H14N2O2. The molecule has 0 spiro atoms. The van der Waals surface area contributed by atoms with Crippen molar-refractivity contribution < 1.29 is 9.63 Å². The minimum absolute atomic E-state index is 0.0441. The van der Waals surface area contributed by atoms with Crippen molar-refractivity contribution in [2.24, 2.45) is 11.1 Å². The summed E-state index contributed by atoms with van der Waals surface area (Å²) in [6.07, 6.45) is 0. The van der Waals surface area contributed by atoms with Gasteiger partial charge < -0.3 is 5.73 Å². The molecule has 0 aliphatic carbocycles. The Kier molecular flexibility index (Phi) is 3.15. The Morgan fingerprint density at radius 2 is 2.10 bits per heavy atom. The molecule has 0 bridgehead atoms. The van der Waals surface area contributed by atoms with Crippen LogP contribution in [-0.4, -0.2) is 12.6 Å². The fourth-order valence-electron chi connectivity index (χ4n) is 0.324. The van der Waals surface area contributed by atoms with Crippen molar-refractivity contribution in [3.05, 3.63) is 0 Å². The molecule has 0 unspecified atom stereocenters. The third-order valence-electron chi connectivity index (χ3n) is 0.678. The largest absolute Gasteiger partial charge is 0.350 e. The average Bonchev–Trinajstić information content (AvgIpc) is 1.59. The molecule has 3 N–H and O–H groups in total. The van der Waals surface area contributed by atoms with E-state index in [-0.39, 0.29) is 5.41 Å². The van der Waals surface area contributed by atoms with Crippen LogP contribution < -0.4 is 11.2 Å². The van der Waals surface area contributed by atoms with Gasteiger partial charge in [-0.3, -0.25) is 4.84 Å². The zero-order chi connectivity index (χ0) is 8.20. The molecule has 4 nitrogen and oxygen atoms in total. The van der Waals surface area contributed by atoms with Gasteiger partial charge in [0.2, 0.25) is 0 Å². The van der Waals surface area contributed by atoms with Crippen molar-refractivity contribution >= 4 is 6.03 Å². The second-order valence-corrected chi connectivity index (χ2v) is 3.32. The monoisotopic (exact) mass is 146 g/mol. The first kappa shape index (κ1) is 9.23. The molecule has 0 aromatic heterocycles. The summed E-state index contributed by atoms with van der Waals surface area (Å²) in [7, 11) is 0. The lowest BCUT2D eigenvalue weighted by Gasteiger charge is -2.16. The quantitative estimate of drug-likeness (QED) is 0.561. The topological polar surface area (TPSA) is 64.3 Å². The maximum atomic E-state index is 10.1. The Bertz CT molecular complexity index is 117. The highest BCUT2D eigenvalue weighted by molar-refractivity contribution is 5.70. The Balaban J connectivity index is 3.29. The lowest BCUT2D eigenvalue weighted by Crippen LogP contribution is -2.32. The smallest absolute Gasteiger partial charge is 0.336 e. The number of primary amides is 1. The molecule has 0 aromatic carbocycles. The van der Waals surface area contributed by atoms with E-state index in [1.807, 2.05) is 26.3 Å². The maximum absolute atomic E-state index is 10.1. The molecule has 0 aliphatic rings. The second-order valence-electron chi connectivity index (χ2n) is 3.32. The molecule has 60 valence electrons. The average molecular weight is 146 g/mol. The molecule has 0 atom stereocenters. The van der Waals surface area contributed by atoms with Crippen LogP contribution in [0.5, 0.6) is 0 Å². The number of carbonyl (C=O) groups excluding carboxylic acids is 1. The fourth-order valence-corrected chi connectivity index (χ4v) is 0.324. The highest BCUT2D eigenvalue weighted by Crippen LogP contribution is 2.11. The molecule has 2 amide bonds. The van der Waals surface area contributed by atoms with Crippen molar-refractivity contribution in [3.63, 3.8) is 0 Å². The van der Waals surface area contributed by atoms with Crippen molar-refractivity contribution in [2.75, 3.05) is 6.61 Å². The van der Waals surface area contributed by atoms with Gasteiger partial charge in [-0.2, -0.15) is 0 Å². The predicted molar refractivity (Wildman–Crippen MR) is 38.1 cm³/mol. The van der Waals surface area contributed by atoms with Gasteiger partial charge in [-0.05, 0) is 5.41 Å². The van der Waals surface area contributed by atoms with Crippen LogP contribution >= 0.6 is 0 Å². The van der Waals surface area contributed by atoms with Crippen LogP contribution in [0.3, 0.4) is 0 Å². The number of amides is 2. The predicted octanol–water partition coefficient (Wildman–Crippen LogP) is 0.632. The summed E-state index contributed by atoms with van der Waals surface area (Å²) in [5, 5.41) is 0. The highest BCUT2D eigenvalue weighted by Gasteiger charge is 2.10. The van der Waals surface area contributed by atoms with Gasteiger partial charge in [-0.25, -0.2) is 10.3 Å². The van der Waals surface area contributed by atoms with Crippen molar-refractivity contribution in [2.45, 2.75) is 20.8 Å². The number of hydrogen-bond donors (Lipinski definition) is 2. The number of hydrogen-bond acceptors (Lipinski definition) is 2. The summed E-state index contributed by atoms with van der Waals surface area (Å²) in [6.45, 7) is 6.44. The van der Waals surface area contributed by atoms with Gasteiger partial charge in [0, 0.05) is 0 Å². The minimum Gasteiger partial charge on any atom is -0.350 e. The number of nitrogens with one attached hydrogen (secondary N) is 1. The van der Waals surface area contributed by atoms with Crippen molar-refractivity contribution in [1.82, 2.24) is 5.48 Å². The van der Waals surface area contributed by atoms with Gasteiger partial charge in [0.25, 0.3) is 0 Å². The van der Waals surface area contributed by atoms with Gasteiger partial charge in [0.1, 0.15) is 0 Å². The van der Waals surface area contributed by atoms with Crippen LogP contribution in [0.1, 0.15) is 20.8 Å². The van der Waals surface area contributed by atoms with Gasteiger partial charge in [0.05, 0.1) is 6.61 Å². The zero-order valence-corrected chi connectivity index (χ0v) is 6.60. The first-order valence-electron chi connectivity index (χ1n) is 3.09. The number of rotatable bonds is 2. The standard InChI is InChI=1S/C6H14N2O2/c1-6(2,3)4-10-8-5(7)9/h4H2,1-3H3,(H3,7,8,9). The lowest BCUT2D eigenvalue weighted by molar-refractivity contribution is 0.0186. The second kappa shape index (κ2) is 3.41. The first-order chi connectivity index (χ1) is 4.42. The van der Waals surface area contributed by atoms with E-state index in [0.29, 0.717) is 6.61 Å². The lowest BCUT2D eigenvalue weighted by atomic mass is 9.99. The van der Waals surface area contributed by atoms with Gasteiger partial charge in [-0.15, -0.1) is 0 Å². The SMILES string of the molecule is CC(C)(C)CONC(N)=O. The van der Waals surface area contributed by atoms with Crippen LogP contribution in [0, 0.1) is 5.41 Å². The molecule has 0 saturated carbocycles. The summed E-state index contributed by atoms with van der Waals surface area (Å²) < 4.78 is 0. The van der Waals surface area contributed by atoms with Crippen LogP contribution in [-0.2, 0) is 4.84 Å². The summed E-state index contributed by atoms with van der Waals surface area (Å²) in [4.78, 5) is 14.8. The molecular weight excluding hydrogens is 132 g/mol. The molecule has 10 heavy (non-hydrogen) atoms. The van der Waals surface area contributed by atoms with Crippen LogP contribution in [0.4, 0.5) is 4.79 Å². The van der Waals surface area contributed by atoms with E-state index in [2.05, 4.69) is 0 Å². The van der Waals surface area contributed by atoms with Crippen molar-refractivity contribution in [3.8, 4) is 0 Å². The molecule has 0 radical (unpaired) electrons. The van der Waals surface area contributed by atoms with E-state index in [1.54, 1.807) is 0 Å². The third kappa shape index (κ3) is 7.23. The Labute approximate surface area is 60.7 Å². The minimum atomic E-state index is -0.663. The molecule has 0 rings (SSSR count). The van der Waals surface area contributed by atoms with E-state index in [0.717, 1.165) is 0 Å². The molecule has 0 fully saturated rings.